The van der Waals surface area contributed by atoms with Crippen LogP contribution in [0.3, 0.4) is 0 Å². The van der Waals surface area contributed by atoms with Gasteiger partial charge in [-0.3, -0.25) is 9.56 Å². The second-order valence-electron chi connectivity index (χ2n) is 1.77. The lowest BCUT2D eigenvalue weighted by Gasteiger charge is -1.89. The lowest BCUT2D eigenvalue weighted by Crippen LogP contribution is -1.86. The van der Waals surface area contributed by atoms with Crippen LogP contribution in [0.15, 0.2) is 17.5 Å². The molecule has 1 aromatic heterocycles. The number of hydrogen-bond acceptors (Lipinski definition) is 3. The summed E-state index contributed by atoms with van der Waals surface area (Å²) in [5, 5.41) is 7.44. The zero-order valence-corrected chi connectivity index (χ0v) is 5.73. The van der Waals surface area contributed by atoms with Gasteiger partial charge in [-0.15, -0.1) is 10.2 Å². The Balaban J connectivity index is 2.83. The molecule has 1 rings (SSSR count). The predicted molar refractivity (Wildman–Crippen MR) is 39.6 cm³/mol. The van der Waals surface area contributed by atoms with Crippen LogP contribution in [0.4, 0.5) is 0 Å². The Morgan fingerprint density at radius 1 is 1.80 bits per heavy atom. The number of aliphatic imine (C=N–C) groups is 1. The Bertz CT molecular complexity index is 248. The lowest BCUT2D eigenvalue weighted by atomic mass is 10.7. The highest BCUT2D eigenvalue weighted by Crippen LogP contribution is 1.91. The fraction of sp³-hybridized carbons (Fsp3) is 0.167. The van der Waals surface area contributed by atoms with Gasteiger partial charge >= 0.3 is 0 Å². The van der Waals surface area contributed by atoms with Crippen molar-refractivity contribution in [2.45, 2.75) is 6.92 Å². The van der Waals surface area contributed by atoms with Gasteiger partial charge in [-0.1, -0.05) is 0 Å². The molecule has 4 nitrogen and oxygen atoms in total. The van der Waals surface area contributed by atoms with Crippen molar-refractivity contribution in [2.75, 3.05) is 0 Å². The molecule has 4 heteroatoms. The summed E-state index contributed by atoms with van der Waals surface area (Å²) >= 11 is 0. The van der Waals surface area contributed by atoms with Crippen molar-refractivity contribution in [1.82, 2.24) is 14.8 Å². The third kappa shape index (κ3) is 1.28. The van der Waals surface area contributed by atoms with Gasteiger partial charge in [0.15, 0.2) is 0 Å². The zero-order valence-electron chi connectivity index (χ0n) is 5.73. The third-order valence-electron chi connectivity index (χ3n) is 1.08. The van der Waals surface area contributed by atoms with Gasteiger partial charge in [0, 0.05) is 12.4 Å². The van der Waals surface area contributed by atoms with E-state index in [0.717, 1.165) is 5.82 Å². The number of nitrogens with zero attached hydrogens (tertiary/aromatic N) is 4. The summed E-state index contributed by atoms with van der Waals surface area (Å²) in [5.41, 5.74) is 0. The van der Waals surface area contributed by atoms with Gasteiger partial charge in [0.25, 0.3) is 0 Å². The fourth-order valence-corrected chi connectivity index (χ4v) is 0.566. The zero-order chi connectivity index (χ0) is 7.40. The molecule has 0 radical (unpaired) electrons. The molecule has 0 atom stereocenters. The monoisotopic (exact) mass is 136 g/mol. The average Bonchev–Trinajstić information content (AvgIpc) is 2.31. The van der Waals surface area contributed by atoms with Crippen LogP contribution in [0.1, 0.15) is 5.82 Å². The summed E-state index contributed by atoms with van der Waals surface area (Å²) in [4.78, 5) is 3.54. The van der Waals surface area contributed by atoms with Crippen molar-refractivity contribution >= 4 is 12.9 Å². The maximum atomic E-state index is 3.77. The Labute approximate surface area is 58.9 Å². The van der Waals surface area contributed by atoms with Crippen molar-refractivity contribution in [2.24, 2.45) is 4.99 Å². The summed E-state index contributed by atoms with van der Waals surface area (Å²) in [6.45, 7) is 5.16. The van der Waals surface area contributed by atoms with Gasteiger partial charge in [0.1, 0.15) is 12.2 Å². The highest BCUT2D eigenvalue weighted by atomic mass is 15.2. The molecule has 1 aromatic rings. The molecular formula is C6H8N4. The van der Waals surface area contributed by atoms with Crippen LogP contribution >= 0.6 is 0 Å². The van der Waals surface area contributed by atoms with Gasteiger partial charge in [-0.25, -0.2) is 0 Å². The largest absolute Gasteiger partial charge is 0.291 e. The first-order chi connectivity index (χ1) is 4.84. The SMILES string of the molecule is C=N/C=C\n1cnnc1C. The molecular weight excluding hydrogens is 128 g/mol. The third-order valence-corrected chi connectivity index (χ3v) is 1.08. The van der Waals surface area contributed by atoms with Crippen molar-refractivity contribution in [1.29, 1.82) is 0 Å². The van der Waals surface area contributed by atoms with E-state index in [1.54, 1.807) is 23.3 Å². The van der Waals surface area contributed by atoms with Crippen LogP contribution < -0.4 is 0 Å². The molecule has 0 fully saturated rings. The molecule has 0 bridgehead atoms. The van der Waals surface area contributed by atoms with E-state index in [9.17, 15) is 0 Å². The molecule has 0 amide bonds. The molecule has 52 valence electrons. The molecule has 0 aliphatic carbocycles. The van der Waals surface area contributed by atoms with E-state index in [-0.39, 0.29) is 0 Å². The molecule has 10 heavy (non-hydrogen) atoms. The molecule has 0 aliphatic heterocycles. The number of rotatable bonds is 2. The van der Waals surface area contributed by atoms with Crippen LogP contribution in [0.25, 0.3) is 6.20 Å². The second kappa shape index (κ2) is 2.91. The summed E-state index contributed by atoms with van der Waals surface area (Å²) in [5.74, 6) is 0.833. The average molecular weight is 136 g/mol. The number of aromatic nitrogens is 3. The first-order valence-corrected chi connectivity index (χ1v) is 2.83. The standard InChI is InChI=1S/C6H8N4/c1-6-9-8-5-10(6)4-3-7-2/h3-5H,2H2,1H3/b4-3-. The minimum absolute atomic E-state index is 0.833. The lowest BCUT2D eigenvalue weighted by molar-refractivity contribution is 1.01. The van der Waals surface area contributed by atoms with E-state index in [4.69, 9.17) is 0 Å². The van der Waals surface area contributed by atoms with E-state index < -0.39 is 0 Å². The predicted octanol–water partition coefficient (Wildman–Crippen LogP) is 0.715. The summed E-state index contributed by atoms with van der Waals surface area (Å²) in [6.07, 6.45) is 4.93. The van der Waals surface area contributed by atoms with E-state index >= 15 is 0 Å². The molecule has 0 unspecified atom stereocenters. The molecule has 1 heterocycles. The van der Waals surface area contributed by atoms with Crippen LogP contribution in [-0.2, 0) is 0 Å². The molecule has 0 saturated heterocycles. The van der Waals surface area contributed by atoms with Crippen LogP contribution in [0, 0.1) is 6.92 Å². The fourth-order valence-electron chi connectivity index (χ4n) is 0.566. The molecule has 0 aromatic carbocycles. The van der Waals surface area contributed by atoms with Gasteiger partial charge in [-0.05, 0) is 13.6 Å². The molecule has 0 spiro atoms. The molecule has 0 N–H and O–H groups in total. The van der Waals surface area contributed by atoms with Gasteiger partial charge < -0.3 is 0 Å². The van der Waals surface area contributed by atoms with Crippen molar-refractivity contribution in [3.8, 4) is 0 Å². The van der Waals surface area contributed by atoms with Gasteiger partial charge in [0.2, 0.25) is 0 Å². The Morgan fingerprint density at radius 3 is 3.10 bits per heavy atom. The minimum atomic E-state index is 0.833. The summed E-state index contributed by atoms with van der Waals surface area (Å²) < 4.78 is 1.76. The van der Waals surface area contributed by atoms with Crippen LogP contribution in [0.2, 0.25) is 0 Å². The molecule has 0 saturated carbocycles. The normalized spacial score (nSPS) is 10.5. The summed E-state index contributed by atoms with van der Waals surface area (Å²) in [6, 6.07) is 0. The number of hydrogen-bond donors (Lipinski definition) is 0. The Hall–Kier alpha value is -1.45. The maximum Gasteiger partial charge on any atom is 0.133 e. The van der Waals surface area contributed by atoms with Crippen molar-refractivity contribution in [3.63, 3.8) is 0 Å². The van der Waals surface area contributed by atoms with Gasteiger partial charge in [-0.2, -0.15) is 0 Å². The second-order valence-corrected chi connectivity index (χ2v) is 1.77. The Kier molecular flexibility index (Phi) is 1.94. The summed E-state index contributed by atoms with van der Waals surface area (Å²) in [7, 11) is 0. The quantitative estimate of drug-likeness (QED) is 0.562. The molecule has 0 aliphatic rings. The van der Waals surface area contributed by atoms with Crippen LogP contribution in [0.5, 0.6) is 0 Å². The van der Waals surface area contributed by atoms with E-state index in [1.165, 1.54) is 0 Å². The van der Waals surface area contributed by atoms with Crippen molar-refractivity contribution in [3.05, 3.63) is 18.4 Å². The maximum absolute atomic E-state index is 3.77. The Morgan fingerprint density at radius 2 is 2.60 bits per heavy atom. The topological polar surface area (TPSA) is 43.1 Å². The highest BCUT2D eigenvalue weighted by Gasteiger charge is 1.89. The first kappa shape index (κ1) is 6.67. The highest BCUT2D eigenvalue weighted by molar-refractivity contribution is 5.31. The van der Waals surface area contributed by atoms with Crippen molar-refractivity contribution < 1.29 is 0 Å². The minimum Gasteiger partial charge on any atom is -0.291 e. The van der Waals surface area contributed by atoms with E-state index in [2.05, 4.69) is 21.9 Å². The van der Waals surface area contributed by atoms with E-state index in [1.807, 2.05) is 6.92 Å². The number of aryl methyl sites for hydroxylation is 1. The smallest absolute Gasteiger partial charge is 0.133 e. The first-order valence-electron chi connectivity index (χ1n) is 2.83. The van der Waals surface area contributed by atoms with Crippen LogP contribution in [-0.4, -0.2) is 21.5 Å². The van der Waals surface area contributed by atoms with E-state index in [0.29, 0.717) is 0 Å². The van der Waals surface area contributed by atoms with Gasteiger partial charge in [0.05, 0.1) is 0 Å².